The van der Waals surface area contributed by atoms with Gasteiger partial charge in [-0.1, -0.05) is 13.8 Å². The van der Waals surface area contributed by atoms with Crippen LogP contribution in [0.5, 0.6) is 0 Å². The quantitative estimate of drug-likeness (QED) is 0.729. The molecule has 6 nitrogen and oxygen atoms in total. The lowest BCUT2D eigenvalue weighted by atomic mass is 10.1. The number of hydrogen-bond donors (Lipinski definition) is 0. The fourth-order valence-corrected chi connectivity index (χ4v) is 4.09. The Morgan fingerprint density at radius 3 is 2.86 bits per heavy atom. The first kappa shape index (κ1) is 16.5. The molecule has 1 aromatic heterocycles. The van der Waals surface area contributed by atoms with Gasteiger partial charge >= 0.3 is 0 Å². The average Bonchev–Trinajstić information content (AvgIpc) is 2.82. The highest BCUT2D eigenvalue weighted by molar-refractivity contribution is 7.91. The van der Waals surface area contributed by atoms with Crippen LogP contribution in [0.25, 0.3) is 0 Å². The van der Waals surface area contributed by atoms with Crippen molar-refractivity contribution in [2.24, 2.45) is 13.0 Å². The molecule has 2 heterocycles. The predicted octanol–water partition coefficient (Wildman–Crippen LogP) is 0.864. The molecule has 120 valence electrons. The van der Waals surface area contributed by atoms with E-state index in [1.54, 1.807) is 10.9 Å². The molecule has 0 bridgehead atoms. The van der Waals surface area contributed by atoms with Crippen LogP contribution in [-0.2, 0) is 21.6 Å². The maximum absolute atomic E-state index is 11.9. The van der Waals surface area contributed by atoms with Crippen LogP contribution in [0.4, 0.5) is 0 Å². The Kier molecular flexibility index (Phi) is 5.40. The third-order valence-corrected chi connectivity index (χ3v) is 5.25. The van der Waals surface area contributed by atoms with E-state index in [1.807, 2.05) is 13.2 Å². The molecule has 1 fully saturated rings. The van der Waals surface area contributed by atoms with Gasteiger partial charge in [0.25, 0.3) is 0 Å². The van der Waals surface area contributed by atoms with Crippen LogP contribution in [0, 0.1) is 5.92 Å². The first-order chi connectivity index (χ1) is 9.87. The van der Waals surface area contributed by atoms with Crippen LogP contribution in [0.1, 0.15) is 25.5 Å². The van der Waals surface area contributed by atoms with Gasteiger partial charge in [-0.2, -0.15) is 5.10 Å². The van der Waals surface area contributed by atoms with E-state index >= 15 is 0 Å². The van der Waals surface area contributed by atoms with Gasteiger partial charge in [0.1, 0.15) is 0 Å². The first-order valence-corrected chi connectivity index (χ1v) is 9.20. The second-order valence-electron chi connectivity index (χ2n) is 6.08. The van der Waals surface area contributed by atoms with Gasteiger partial charge in [0.2, 0.25) is 0 Å². The third kappa shape index (κ3) is 4.79. The summed E-state index contributed by atoms with van der Waals surface area (Å²) in [6.07, 6.45) is 3.65. The van der Waals surface area contributed by atoms with E-state index in [4.69, 9.17) is 4.74 Å². The van der Waals surface area contributed by atoms with Crippen LogP contribution in [-0.4, -0.2) is 60.9 Å². The van der Waals surface area contributed by atoms with E-state index in [2.05, 4.69) is 23.8 Å². The number of sulfone groups is 1. The lowest BCUT2D eigenvalue weighted by molar-refractivity contribution is 0.0752. The first-order valence-electron chi connectivity index (χ1n) is 7.38. The molecule has 21 heavy (non-hydrogen) atoms. The molecule has 0 N–H and O–H groups in total. The highest BCUT2D eigenvalue weighted by Crippen LogP contribution is 2.26. The van der Waals surface area contributed by atoms with Crippen molar-refractivity contribution < 1.29 is 13.2 Å². The fourth-order valence-electron chi connectivity index (χ4n) is 2.53. The predicted molar refractivity (Wildman–Crippen MR) is 81.8 cm³/mol. The molecule has 0 saturated carbocycles. The van der Waals surface area contributed by atoms with Crippen LogP contribution in [0.3, 0.4) is 0 Å². The number of nitrogens with zero attached hydrogens (tertiary/aromatic N) is 3. The van der Waals surface area contributed by atoms with Gasteiger partial charge < -0.3 is 4.74 Å². The molecule has 1 unspecified atom stereocenters. The van der Waals surface area contributed by atoms with Gasteiger partial charge in [0.15, 0.2) is 9.84 Å². The minimum atomic E-state index is -2.97. The van der Waals surface area contributed by atoms with Crippen molar-refractivity contribution in [1.29, 1.82) is 0 Å². The lowest BCUT2D eigenvalue weighted by Crippen LogP contribution is -2.44. The number of hydrogen-bond acceptors (Lipinski definition) is 5. The maximum Gasteiger partial charge on any atom is 0.153 e. The van der Waals surface area contributed by atoms with Crippen LogP contribution in [0.15, 0.2) is 12.4 Å². The maximum atomic E-state index is 11.9. The van der Waals surface area contributed by atoms with E-state index < -0.39 is 9.84 Å². The molecule has 2 rings (SSSR count). The summed E-state index contributed by atoms with van der Waals surface area (Å²) in [7, 11) is -1.12. The molecule has 1 aliphatic heterocycles. The Morgan fingerprint density at radius 1 is 1.48 bits per heavy atom. The molecular formula is C14H25N3O3S. The van der Waals surface area contributed by atoms with Crippen LogP contribution >= 0.6 is 0 Å². The Balaban J connectivity index is 2.00. The topological polar surface area (TPSA) is 64.4 Å². The van der Waals surface area contributed by atoms with Gasteiger partial charge in [-0.25, -0.2) is 8.42 Å². The van der Waals surface area contributed by atoms with Gasteiger partial charge in [0, 0.05) is 38.5 Å². The van der Waals surface area contributed by atoms with Crippen LogP contribution in [0.2, 0.25) is 0 Å². The summed E-state index contributed by atoms with van der Waals surface area (Å²) < 4.78 is 31.2. The summed E-state index contributed by atoms with van der Waals surface area (Å²) in [4.78, 5) is 2.19. The zero-order valence-electron chi connectivity index (χ0n) is 13.0. The molecule has 0 aromatic carbocycles. The Labute approximate surface area is 127 Å². The summed E-state index contributed by atoms with van der Waals surface area (Å²) in [5.74, 6) is 0.914. The van der Waals surface area contributed by atoms with Gasteiger partial charge in [-0.3, -0.25) is 9.58 Å². The Hall–Kier alpha value is -0.920. The average molecular weight is 315 g/mol. The van der Waals surface area contributed by atoms with Crippen molar-refractivity contribution in [1.82, 2.24) is 14.7 Å². The second-order valence-corrected chi connectivity index (χ2v) is 8.31. The number of ether oxygens (including phenoxy) is 1. The van der Waals surface area contributed by atoms with Gasteiger partial charge in [-0.15, -0.1) is 0 Å². The molecule has 1 atom stereocenters. The molecule has 1 aliphatic rings. The Bertz CT molecular complexity index is 554. The van der Waals surface area contributed by atoms with E-state index in [0.717, 1.165) is 18.7 Å². The molecular weight excluding hydrogens is 290 g/mol. The van der Waals surface area contributed by atoms with E-state index in [-0.39, 0.29) is 17.5 Å². The van der Waals surface area contributed by atoms with Crippen molar-refractivity contribution in [3.05, 3.63) is 18.0 Å². The van der Waals surface area contributed by atoms with Gasteiger partial charge in [0.05, 0.1) is 30.4 Å². The third-order valence-electron chi connectivity index (χ3n) is 3.63. The SMILES string of the molecule is CC(C)COCCN1CCS(=O)(=O)CC1c1cnn(C)c1. The standard InChI is InChI=1S/C14H25N3O3S/c1-12(2)10-20-6-4-17-5-7-21(18,19)11-14(17)13-8-15-16(3)9-13/h8-9,12,14H,4-7,10-11H2,1-3H3. The zero-order valence-corrected chi connectivity index (χ0v) is 13.8. The molecule has 1 aromatic rings. The van der Waals surface area contributed by atoms with Crippen molar-refractivity contribution in [3.63, 3.8) is 0 Å². The highest BCUT2D eigenvalue weighted by atomic mass is 32.2. The Morgan fingerprint density at radius 2 is 2.24 bits per heavy atom. The lowest BCUT2D eigenvalue weighted by Gasteiger charge is -2.34. The summed E-state index contributed by atoms with van der Waals surface area (Å²) in [6.45, 7) is 6.92. The van der Waals surface area contributed by atoms with E-state index in [9.17, 15) is 8.42 Å². The summed E-state index contributed by atoms with van der Waals surface area (Å²) in [5.41, 5.74) is 0.963. The minimum absolute atomic E-state index is 0.111. The monoisotopic (exact) mass is 315 g/mol. The molecule has 7 heteroatoms. The number of aromatic nitrogens is 2. The highest BCUT2D eigenvalue weighted by Gasteiger charge is 2.32. The molecule has 0 radical (unpaired) electrons. The second kappa shape index (κ2) is 6.89. The summed E-state index contributed by atoms with van der Waals surface area (Å²) in [6, 6.07) is -0.111. The molecule has 1 saturated heterocycles. The normalized spacial score (nSPS) is 22.8. The zero-order chi connectivity index (χ0) is 15.5. The van der Waals surface area contributed by atoms with Crippen molar-refractivity contribution in [3.8, 4) is 0 Å². The van der Waals surface area contributed by atoms with Crippen molar-refractivity contribution >= 4 is 9.84 Å². The molecule has 0 aliphatic carbocycles. The smallest absolute Gasteiger partial charge is 0.153 e. The molecule has 0 amide bonds. The summed E-state index contributed by atoms with van der Waals surface area (Å²) in [5, 5.41) is 4.16. The van der Waals surface area contributed by atoms with E-state index in [0.29, 0.717) is 19.1 Å². The number of aryl methyl sites for hydroxylation is 1. The minimum Gasteiger partial charge on any atom is -0.380 e. The van der Waals surface area contributed by atoms with Crippen LogP contribution < -0.4 is 0 Å². The fraction of sp³-hybridized carbons (Fsp3) is 0.786. The number of rotatable bonds is 6. The van der Waals surface area contributed by atoms with E-state index in [1.165, 1.54) is 0 Å². The largest absolute Gasteiger partial charge is 0.380 e. The summed E-state index contributed by atoms with van der Waals surface area (Å²) >= 11 is 0. The van der Waals surface area contributed by atoms with Crippen molar-refractivity contribution in [2.75, 3.05) is 37.8 Å². The van der Waals surface area contributed by atoms with Gasteiger partial charge in [-0.05, 0) is 5.92 Å². The van der Waals surface area contributed by atoms with Crippen molar-refractivity contribution in [2.45, 2.75) is 19.9 Å². The molecule has 0 spiro atoms.